The second-order valence-electron chi connectivity index (χ2n) is 17.4. The van der Waals surface area contributed by atoms with Crippen molar-refractivity contribution in [2.75, 3.05) is 40.9 Å². The minimum Gasteiger partial charge on any atom is -0.756 e. The summed E-state index contributed by atoms with van der Waals surface area (Å²) >= 11 is 0. The van der Waals surface area contributed by atoms with Gasteiger partial charge in [0, 0.05) is 6.42 Å². The van der Waals surface area contributed by atoms with Crippen LogP contribution in [0, 0.1) is 0 Å². The fourth-order valence-electron chi connectivity index (χ4n) is 6.80. The van der Waals surface area contributed by atoms with E-state index in [9.17, 15) is 19.4 Å². The van der Waals surface area contributed by atoms with Crippen molar-refractivity contribution in [1.29, 1.82) is 0 Å². The first kappa shape index (κ1) is 56.5. The zero-order chi connectivity index (χ0) is 42.8. The number of aliphatic hydroxyl groups is 1. The Balaban J connectivity index is 3.72. The minimum atomic E-state index is -4.54. The maximum absolute atomic E-state index is 12.7. The summed E-state index contributed by atoms with van der Waals surface area (Å²) in [5.74, 6) is -0.176. The lowest BCUT2D eigenvalue weighted by Crippen LogP contribution is -2.46. The molecule has 3 atom stereocenters. The number of hydrogen-bond donors (Lipinski definition) is 2. The van der Waals surface area contributed by atoms with Gasteiger partial charge in [-0.25, -0.2) is 0 Å². The number of nitrogens with zero attached hydrogens (tertiary/aromatic N) is 1. The SMILES string of the molecule is CC/C=C\C/C=C\C/C=C\C/C=C\CCCCCCCCCCCCCCCCCCCCCCC(=O)NC(COP(=O)([O-])OCC[N+](C)(C)C)C(O)CCCCC. The molecule has 0 aromatic heterocycles. The summed E-state index contributed by atoms with van der Waals surface area (Å²) in [4.78, 5) is 25.0. The van der Waals surface area contributed by atoms with Crippen molar-refractivity contribution in [2.24, 2.45) is 0 Å². The summed E-state index contributed by atoms with van der Waals surface area (Å²) in [6.45, 7) is 4.44. The Kier molecular flexibility index (Phi) is 39.8. The molecule has 0 aliphatic heterocycles. The van der Waals surface area contributed by atoms with E-state index in [4.69, 9.17) is 9.05 Å². The quantitative estimate of drug-likeness (QED) is 0.0274. The first-order valence-corrected chi connectivity index (χ1v) is 25.4. The highest BCUT2D eigenvalue weighted by molar-refractivity contribution is 7.45. The van der Waals surface area contributed by atoms with E-state index in [2.05, 4.69) is 67.8 Å². The number of rotatable bonds is 43. The molecule has 0 fully saturated rings. The van der Waals surface area contributed by atoms with Gasteiger partial charge in [-0.05, 0) is 51.4 Å². The molecule has 0 radical (unpaired) electrons. The van der Waals surface area contributed by atoms with Crippen LogP contribution in [0.25, 0.3) is 0 Å². The molecule has 0 heterocycles. The molecule has 0 aliphatic rings. The monoisotopic (exact) mass is 837 g/mol. The molecular weight excluding hydrogens is 744 g/mol. The average Bonchev–Trinajstić information content (AvgIpc) is 3.17. The molecule has 0 saturated heterocycles. The molecule has 0 aliphatic carbocycles. The van der Waals surface area contributed by atoms with E-state index in [-0.39, 0.29) is 19.1 Å². The summed E-state index contributed by atoms with van der Waals surface area (Å²) in [5, 5.41) is 13.6. The topological polar surface area (TPSA) is 108 Å². The third-order valence-corrected chi connectivity index (χ3v) is 11.5. The highest BCUT2D eigenvalue weighted by atomic mass is 31.2. The lowest BCUT2D eigenvalue weighted by molar-refractivity contribution is -0.870. The predicted molar refractivity (Wildman–Crippen MR) is 247 cm³/mol. The molecule has 8 nitrogen and oxygen atoms in total. The van der Waals surface area contributed by atoms with E-state index in [1.807, 2.05) is 21.1 Å². The Labute approximate surface area is 359 Å². The second kappa shape index (κ2) is 40.8. The van der Waals surface area contributed by atoms with E-state index in [0.717, 1.165) is 64.2 Å². The van der Waals surface area contributed by atoms with E-state index in [1.165, 1.54) is 116 Å². The number of allylic oxidation sites excluding steroid dienone is 8. The zero-order valence-corrected chi connectivity index (χ0v) is 39.4. The highest BCUT2D eigenvalue weighted by Crippen LogP contribution is 2.38. The number of aliphatic hydroxyl groups excluding tert-OH is 1. The van der Waals surface area contributed by atoms with Crippen LogP contribution in [0.2, 0.25) is 0 Å². The van der Waals surface area contributed by atoms with Crippen molar-refractivity contribution in [3.63, 3.8) is 0 Å². The standard InChI is InChI=1S/C49H93N2O6P/c1-6-8-10-11-12-13-14-15-16-17-18-19-20-21-22-23-24-25-26-27-28-29-30-31-32-33-34-35-36-37-38-39-41-43-49(53)50-47(48(52)42-40-9-7-2)46-57-58(54,55)56-45-44-51(3,4)5/h8,10,12-13,15-16,18-19,47-48,52H,6-7,9,11,14,17,20-46H2,1-5H3,(H-,50,53,54,55)/b10-8-,13-12-,16-15-,19-18-. The van der Waals surface area contributed by atoms with Gasteiger partial charge in [0.25, 0.3) is 7.82 Å². The summed E-state index contributed by atoms with van der Waals surface area (Å²) in [5.41, 5.74) is 0. The Morgan fingerprint density at radius 2 is 1.05 bits per heavy atom. The molecule has 0 spiro atoms. The number of hydrogen-bond acceptors (Lipinski definition) is 6. The molecule has 3 unspecified atom stereocenters. The number of amides is 1. The number of carbonyl (C=O) groups is 1. The van der Waals surface area contributed by atoms with E-state index in [1.54, 1.807) is 0 Å². The number of carbonyl (C=O) groups excluding carboxylic acids is 1. The fraction of sp³-hybridized carbons (Fsp3) is 0.816. The molecule has 0 bridgehead atoms. The number of unbranched alkanes of at least 4 members (excludes halogenated alkanes) is 22. The van der Waals surface area contributed by atoms with Gasteiger partial charge in [0.05, 0.1) is 39.9 Å². The smallest absolute Gasteiger partial charge is 0.268 e. The van der Waals surface area contributed by atoms with Gasteiger partial charge < -0.3 is 28.8 Å². The van der Waals surface area contributed by atoms with Crippen molar-refractivity contribution in [3.05, 3.63) is 48.6 Å². The lowest BCUT2D eigenvalue weighted by Gasteiger charge is -2.30. The molecule has 2 N–H and O–H groups in total. The van der Waals surface area contributed by atoms with E-state index in [0.29, 0.717) is 23.9 Å². The largest absolute Gasteiger partial charge is 0.756 e. The Morgan fingerprint density at radius 3 is 1.50 bits per heavy atom. The first-order chi connectivity index (χ1) is 28.0. The average molecular weight is 837 g/mol. The van der Waals surface area contributed by atoms with Gasteiger partial charge in [-0.3, -0.25) is 9.36 Å². The van der Waals surface area contributed by atoms with Crippen LogP contribution in [0.3, 0.4) is 0 Å². The molecule has 0 aromatic carbocycles. The predicted octanol–water partition coefficient (Wildman–Crippen LogP) is 13.0. The maximum Gasteiger partial charge on any atom is 0.268 e. The van der Waals surface area contributed by atoms with Crippen LogP contribution >= 0.6 is 7.82 Å². The van der Waals surface area contributed by atoms with Crippen molar-refractivity contribution in [1.82, 2.24) is 5.32 Å². The van der Waals surface area contributed by atoms with Gasteiger partial charge in [-0.2, -0.15) is 0 Å². The van der Waals surface area contributed by atoms with Gasteiger partial charge in [-0.15, -0.1) is 0 Å². The molecule has 340 valence electrons. The molecule has 58 heavy (non-hydrogen) atoms. The minimum absolute atomic E-state index is 0.0108. The zero-order valence-electron chi connectivity index (χ0n) is 38.5. The molecule has 0 aromatic rings. The van der Waals surface area contributed by atoms with Crippen molar-refractivity contribution in [3.8, 4) is 0 Å². The lowest BCUT2D eigenvalue weighted by atomic mass is 10.0. The van der Waals surface area contributed by atoms with Gasteiger partial charge in [0.1, 0.15) is 13.2 Å². The van der Waals surface area contributed by atoms with Crippen molar-refractivity contribution < 1.29 is 32.9 Å². The van der Waals surface area contributed by atoms with Crippen molar-refractivity contribution >= 4 is 13.7 Å². The molecular formula is C49H93N2O6P. The van der Waals surface area contributed by atoms with E-state index >= 15 is 0 Å². The fourth-order valence-corrected chi connectivity index (χ4v) is 7.52. The molecule has 0 saturated carbocycles. The summed E-state index contributed by atoms with van der Waals surface area (Å²) in [6.07, 6.45) is 52.4. The third-order valence-electron chi connectivity index (χ3n) is 10.6. The van der Waals surface area contributed by atoms with Crippen LogP contribution in [0.1, 0.15) is 206 Å². The summed E-state index contributed by atoms with van der Waals surface area (Å²) in [7, 11) is 1.30. The molecule has 0 rings (SSSR count). The molecule has 9 heteroatoms. The van der Waals surface area contributed by atoms with Crippen LogP contribution in [0.4, 0.5) is 0 Å². The molecule has 1 amide bonds. The van der Waals surface area contributed by atoms with Crippen LogP contribution in [-0.4, -0.2) is 68.5 Å². The number of likely N-dealkylation sites (N-methyl/N-ethyl adjacent to an activating group) is 1. The van der Waals surface area contributed by atoms with E-state index < -0.39 is 20.0 Å². The number of phosphoric acid groups is 1. The van der Waals surface area contributed by atoms with Gasteiger partial charge in [0.2, 0.25) is 5.91 Å². The third kappa shape index (κ3) is 42.6. The Hall–Kier alpha value is -1.54. The normalized spacial score (nSPS) is 14.7. The van der Waals surface area contributed by atoms with Crippen LogP contribution < -0.4 is 10.2 Å². The van der Waals surface area contributed by atoms with Crippen LogP contribution in [0.15, 0.2) is 48.6 Å². The van der Waals surface area contributed by atoms with Crippen molar-refractivity contribution in [2.45, 2.75) is 219 Å². The van der Waals surface area contributed by atoms with Crippen LogP contribution in [0.5, 0.6) is 0 Å². The summed E-state index contributed by atoms with van der Waals surface area (Å²) in [6, 6.07) is -0.794. The number of phosphoric ester groups is 1. The maximum atomic E-state index is 12.7. The number of nitrogens with one attached hydrogen (secondary N) is 1. The summed E-state index contributed by atoms with van der Waals surface area (Å²) < 4.78 is 23.0. The van der Waals surface area contributed by atoms with Crippen LogP contribution in [-0.2, 0) is 18.4 Å². The second-order valence-corrected chi connectivity index (χ2v) is 18.8. The highest BCUT2D eigenvalue weighted by Gasteiger charge is 2.24. The van der Waals surface area contributed by atoms with Gasteiger partial charge in [-0.1, -0.05) is 197 Å². The Morgan fingerprint density at radius 1 is 0.621 bits per heavy atom. The number of quaternary nitrogens is 1. The Bertz CT molecular complexity index is 1090. The first-order valence-electron chi connectivity index (χ1n) is 24.0. The van der Waals surface area contributed by atoms with Gasteiger partial charge >= 0.3 is 0 Å². The van der Waals surface area contributed by atoms with Gasteiger partial charge in [0.15, 0.2) is 0 Å².